The minimum absolute atomic E-state index is 0.593. The molecule has 2 aromatic heterocycles. The number of thiophene rings is 1. The Kier molecular flexibility index (Phi) is 4.68. The third-order valence-corrected chi connectivity index (χ3v) is 4.64. The Morgan fingerprint density at radius 2 is 2.09 bits per heavy atom. The van der Waals surface area contributed by atoms with Crippen LogP contribution >= 0.6 is 11.3 Å². The third kappa shape index (κ3) is 2.97. The van der Waals surface area contributed by atoms with Crippen LogP contribution in [0, 0.1) is 0 Å². The highest BCUT2D eigenvalue weighted by Crippen LogP contribution is 2.38. The van der Waals surface area contributed by atoms with Crippen LogP contribution in [0.25, 0.3) is 21.2 Å². The molecule has 0 saturated heterocycles. The summed E-state index contributed by atoms with van der Waals surface area (Å²) in [6.07, 6.45) is 1.86. The van der Waals surface area contributed by atoms with Crippen molar-refractivity contribution < 1.29 is 4.74 Å². The summed E-state index contributed by atoms with van der Waals surface area (Å²) in [5, 5.41) is 6.59. The SMILES string of the molecule is COCCNCc1cnc(N)c2c(-c3ccccc3)csc12. The van der Waals surface area contributed by atoms with Crippen molar-refractivity contribution in [3.05, 3.63) is 47.5 Å². The Bertz CT molecular complexity index is 755. The van der Waals surface area contributed by atoms with Gasteiger partial charge in [-0.3, -0.25) is 0 Å². The molecule has 2 heterocycles. The van der Waals surface area contributed by atoms with Crippen molar-refractivity contribution in [2.75, 3.05) is 26.0 Å². The second kappa shape index (κ2) is 6.87. The van der Waals surface area contributed by atoms with Crippen LogP contribution in [-0.4, -0.2) is 25.2 Å². The van der Waals surface area contributed by atoms with Crippen LogP contribution < -0.4 is 11.1 Å². The topological polar surface area (TPSA) is 60.2 Å². The van der Waals surface area contributed by atoms with Gasteiger partial charge in [-0.15, -0.1) is 11.3 Å². The molecular weight excluding hydrogens is 294 g/mol. The van der Waals surface area contributed by atoms with E-state index >= 15 is 0 Å². The van der Waals surface area contributed by atoms with Gasteiger partial charge in [0, 0.05) is 47.6 Å². The largest absolute Gasteiger partial charge is 0.383 e. The average Bonchev–Trinajstić information content (AvgIpc) is 3.00. The molecule has 0 atom stereocenters. The average molecular weight is 313 g/mol. The molecule has 3 aromatic rings. The fourth-order valence-corrected chi connectivity index (χ4v) is 3.57. The molecule has 5 heteroatoms. The molecule has 0 aliphatic rings. The van der Waals surface area contributed by atoms with E-state index in [1.165, 1.54) is 15.8 Å². The predicted octanol–water partition coefficient (Wildman–Crippen LogP) is 3.28. The number of nitrogens with one attached hydrogen (secondary N) is 1. The molecular formula is C17H19N3OS. The van der Waals surface area contributed by atoms with Crippen LogP contribution in [0.15, 0.2) is 41.9 Å². The Hall–Kier alpha value is -1.95. The van der Waals surface area contributed by atoms with Gasteiger partial charge >= 0.3 is 0 Å². The first kappa shape index (κ1) is 15.0. The minimum Gasteiger partial charge on any atom is -0.383 e. The number of anilines is 1. The number of hydrogen-bond donors (Lipinski definition) is 2. The first-order valence-corrected chi connectivity index (χ1v) is 8.09. The first-order valence-electron chi connectivity index (χ1n) is 7.21. The molecule has 3 rings (SSSR count). The van der Waals surface area contributed by atoms with Crippen LogP contribution in [0.3, 0.4) is 0 Å². The van der Waals surface area contributed by atoms with Gasteiger partial charge in [-0.05, 0) is 10.9 Å². The van der Waals surface area contributed by atoms with Gasteiger partial charge in [0.25, 0.3) is 0 Å². The van der Waals surface area contributed by atoms with E-state index in [-0.39, 0.29) is 0 Å². The lowest BCUT2D eigenvalue weighted by Gasteiger charge is -2.07. The van der Waals surface area contributed by atoms with Gasteiger partial charge < -0.3 is 15.8 Å². The molecule has 1 aromatic carbocycles. The number of fused-ring (bicyclic) bond motifs is 1. The molecule has 0 unspecified atom stereocenters. The number of rotatable bonds is 6. The summed E-state index contributed by atoms with van der Waals surface area (Å²) in [6, 6.07) is 10.3. The highest BCUT2D eigenvalue weighted by atomic mass is 32.1. The van der Waals surface area contributed by atoms with Crippen LogP contribution in [0.2, 0.25) is 0 Å². The van der Waals surface area contributed by atoms with Gasteiger partial charge in [0.05, 0.1) is 6.61 Å². The van der Waals surface area contributed by atoms with E-state index in [0.29, 0.717) is 12.4 Å². The number of nitrogens with two attached hydrogens (primary N) is 1. The quantitative estimate of drug-likeness (QED) is 0.686. The fourth-order valence-electron chi connectivity index (χ4n) is 2.47. The number of benzene rings is 1. The number of aromatic nitrogens is 1. The Balaban J connectivity index is 1.97. The summed E-state index contributed by atoms with van der Waals surface area (Å²) in [5.74, 6) is 0.593. The molecule has 0 radical (unpaired) electrons. The Morgan fingerprint density at radius 3 is 2.86 bits per heavy atom. The zero-order valence-corrected chi connectivity index (χ0v) is 13.3. The first-order chi connectivity index (χ1) is 10.8. The monoisotopic (exact) mass is 313 g/mol. The van der Waals surface area contributed by atoms with Gasteiger partial charge in [-0.1, -0.05) is 30.3 Å². The molecule has 0 bridgehead atoms. The highest BCUT2D eigenvalue weighted by Gasteiger charge is 2.13. The maximum absolute atomic E-state index is 6.14. The van der Waals surface area contributed by atoms with Crippen LogP contribution in [0.1, 0.15) is 5.56 Å². The maximum Gasteiger partial charge on any atom is 0.132 e. The number of methoxy groups -OCH3 is 1. The maximum atomic E-state index is 6.14. The lowest BCUT2D eigenvalue weighted by atomic mass is 10.0. The number of nitrogen functional groups attached to an aromatic ring is 1. The molecule has 22 heavy (non-hydrogen) atoms. The number of nitrogens with zero attached hydrogens (tertiary/aromatic N) is 1. The molecule has 4 nitrogen and oxygen atoms in total. The van der Waals surface area contributed by atoms with Crippen molar-refractivity contribution in [1.82, 2.24) is 10.3 Å². The van der Waals surface area contributed by atoms with Gasteiger partial charge in [0.1, 0.15) is 5.82 Å². The number of ether oxygens (including phenoxy) is 1. The van der Waals surface area contributed by atoms with Crippen molar-refractivity contribution in [3.8, 4) is 11.1 Å². The van der Waals surface area contributed by atoms with Crippen molar-refractivity contribution in [2.24, 2.45) is 0 Å². The highest BCUT2D eigenvalue weighted by molar-refractivity contribution is 7.18. The molecule has 3 N–H and O–H groups in total. The molecule has 0 fully saturated rings. The van der Waals surface area contributed by atoms with Crippen molar-refractivity contribution in [1.29, 1.82) is 0 Å². The third-order valence-electron chi connectivity index (χ3n) is 3.58. The summed E-state index contributed by atoms with van der Waals surface area (Å²) in [7, 11) is 1.70. The van der Waals surface area contributed by atoms with Crippen LogP contribution in [0.5, 0.6) is 0 Å². The standard InChI is InChI=1S/C17H19N3OS/c1-21-8-7-19-9-13-10-20-17(18)15-14(11-22-16(13)15)12-5-3-2-4-6-12/h2-6,10-11,19H,7-9H2,1H3,(H2,18,20). The number of pyridine rings is 1. The zero-order chi connectivity index (χ0) is 15.4. The summed E-state index contributed by atoms with van der Waals surface area (Å²) in [6.45, 7) is 2.28. The van der Waals surface area contributed by atoms with Crippen molar-refractivity contribution in [2.45, 2.75) is 6.54 Å². The predicted molar refractivity (Wildman–Crippen MR) is 93.1 cm³/mol. The molecule has 0 amide bonds. The van der Waals surface area contributed by atoms with E-state index < -0.39 is 0 Å². The van der Waals surface area contributed by atoms with Crippen molar-refractivity contribution >= 4 is 27.2 Å². The van der Waals surface area contributed by atoms with Gasteiger partial charge in [-0.2, -0.15) is 0 Å². The molecule has 114 valence electrons. The van der Waals surface area contributed by atoms with Gasteiger partial charge in [0.15, 0.2) is 0 Å². The van der Waals surface area contributed by atoms with E-state index in [2.05, 4.69) is 27.8 Å². The summed E-state index contributed by atoms with van der Waals surface area (Å²) in [4.78, 5) is 4.38. The van der Waals surface area contributed by atoms with Gasteiger partial charge in [0.2, 0.25) is 0 Å². The zero-order valence-electron chi connectivity index (χ0n) is 12.5. The fraction of sp³-hybridized carbons (Fsp3) is 0.235. The minimum atomic E-state index is 0.593. The lowest BCUT2D eigenvalue weighted by molar-refractivity contribution is 0.199. The van der Waals surface area contributed by atoms with Crippen molar-refractivity contribution in [3.63, 3.8) is 0 Å². The van der Waals surface area contributed by atoms with E-state index in [1.807, 2.05) is 24.4 Å². The molecule has 0 aliphatic carbocycles. The normalized spacial score (nSPS) is 11.1. The molecule has 0 saturated carbocycles. The van der Waals surface area contributed by atoms with E-state index in [0.717, 1.165) is 24.0 Å². The summed E-state index contributed by atoms with van der Waals surface area (Å²) < 4.78 is 6.26. The molecule has 0 spiro atoms. The van der Waals surface area contributed by atoms with Crippen LogP contribution in [0.4, 0.5) is 5.82 Å². The van der Waals surface area contributed by atoms with Crippen LogP contribution in [-0.2, 0) is 11.3 Å². The Morgan fingerprint density at radius 1 is 1.27 bits per heavy atom. The smallest absolute Gasteiger partial charge is 0.132 e. The summed E-state index contributed by atoms with van der Waals surface area (Å²) >= 11 is 1.72. The number of hydrogen-bond acceptors (Lipinski definition) is 5. The van der Waals surface area contributed by atoms with E-state index in [9.17, 15) is 0 Å². The second-order valence-electron chi connectivity index (χ2n) is 5.06. The second-order valence-corrected chi connectivity index (χ2v) is 5.94. The van der Waals surface area contributed by atoms with E-state index in [1.54, 1.807) is 18.4 Å². The van der Waals surface area contributed by atoms with Gasteiger partial charge in [-0.25, -0.2) is 4.98 Å². The van der Waals surface area contributed by atoms with E-state index in [4.69, 9.17) is 10.5 Å². The lowest BCUT2D eigenvalue weighted by Crippen LogP contribution is -2.18. The summed E-state index contributed by atoms with van der Waals surface area (Å²) in [5.41, 5.74) is 9.64. The molecule has 0 aliphatic heterocycles. The Labute approximate surface area is 133 Å².